The van der Waals surface area contributed by atoms with Gasteiger partial charge in [-0.3, -0.25) is 0 Å². The van der Waals surface area contributed by atoms with E-state index >= 15 is 0 Å². The van der Waals surface area contributed by atoms with Crippen molar-refractivity contribution in [1.29, 1.82) is 0 Å². The van der Waals surface area contributed by atoms with Gasteiger partial charge in [-0.05, 0) is 48.9 Å². The Morgan fingerprint density at radius 1 is 1.21 bits per heavy atom. The van der Waals surface area contributed by atoms with E-state index in [-0.39, 0.29) is 17.9 Å². The number of likely N-dealkylation sites (tertiary alicyclic amines) is 1. The van der Waals surface area contributed by atoms with Crippen LogP contribution >= 0.6 is 0 Å². The Balaban J connectivity index is 1.41. The minimum Gasteiger partial charge on any atom is -0.472 e. The van der Waals surface area contributed by atoms with Crippen molar-refractivity contribution in [2.75, 3.05) is 18.4 Å². The third kappa shape index (κ3) is 3.22. The largest absolute Gasteiger partial charge is 0.472 e. The van der Waals surface area contributed by atoms with Crippen molar-refractivity contribution in [3.8, 4) is 11.4 Å². The molecule has 0 saturated carbocycles. The van der Waals surface area contributed by atoms with Crippen LogP contribution in [0.15, 0.2) is 65.6 Å². The summed E-state index contributed by atoms with van der Waals surface area (Å²) in [7, 11) is 0. The molecule has 4 heterocycles. The van der Waals surface area contributed by atoms with Crippen molar-refractivity contribution >= 4 is 22.9 Å². The van der Waals surface area contributed by atoms with E-state index in [1.54, 1.807) is 35.8 Å². The SMILES string of the molecule is O=C(Nc1ccc(F)cc1)N1CC[C@H](n2c(-c3ccoc3)nc3cccnc32)C1. The molecule has 1 atom stereocenters. The summed E-state index contributed by atoms with van der Waals surface area (Å²) in [6.45, 7) is 1.13. The molecule has 1 saturated heterocycles. The second-order valence-corrected chi connectivity index (χ2v) is 6.99. The first-order chi connectivity index (χ1) is 14.2. The van der Waals surface area contributed by atoms with Gasteiger partial charge >= 0.3 is 6.03 Å². The lowest BCUT2D eigenvalue weighted by Gasteiger charge is -2.19. The summed E-state index contributed by atoms with van der Waals surface area (Å²) in [5, 5.41) is 2.82. The number of anilines is 1. The molecule has 0 aliphatic carbocycles. The number of nitrogens with zero attached hydrogens (tertiary/aromatic N) is 4. The average molecular weight is 391 g/mol. The van der Waals surface area contributed by atoms with E-state index in [2.05, 4.69) is 14.9 Å². The number of carbonyl (C=O) groups excluding carboxylic acids is 1. The molecular formula is C21H18FN5O2. The molecule has 1 N–H and O–H groups in total. The van der Waals surface area contributed by atoms with E-state index in [4.69, 9.17) is 9.40 Å². The van der Waals surface area contributed by atoms with Gasteiger partial charge in [0.1, 0.15) is 23.4 Å². The Hall–Kier alpha value is -3.68. The summed E-state index contributed by atoms with van der Waals surface area (Å²) < 4.78 is 20.4. The van der Waals surface area contributed by atoms with E-state index in [0.29, 0.717) is 18.8 Å². The summed E-state index contributed by atoms with van der Waals surface area (Å²) in [4.78, 5) is 23.7. The number of halogens is 1. The van der Waals surface area contributed by atoms with Crippen LogP contribution in [0.25, 0.3) is 22.6 Å². The fourth-order valence-electron chi connectivity index (χ4n) is 3.74. The summed E-state index contributed by atoms with van der Waals surface area (Å²) in [5.41, 5.74) is 3.03. The standard InChI is InChI=1S/C21H18FN5O2/c22-15-3-5-16(6-4-15)24-21(28)26-10-7-17(12-26)27-19(14-8-11-29-13-14)25-18-2-1-9-23-20(18)27/h1-6,8-9,11,13,17H,7,10,12H2,(H,24,28)/t17-/m0/s1. The average Bonchev–Trinajstić information content (AvgIpc) is 3.48. The lowest BCUT2D eigenvalue weighted by Crippen LogP contribution is -2.33. The molecule has 0 bridgehead atoms. The molecule has 1 fully saturated rings. The number of rotatable bonds is 3. The number of nitrogens with one attached hydrogen (secondary N) is 1. The minimum atomic E-state index is -0.338. The van der Waals surface area contributed by atoms with Gasteiger partial charge in [0, 0.05) is 25.0 Å². The summed E-state index contributed by atoms with van der Waals surface area (Å²) in [6, 6.07) is 11.2. The predicted octanol–water partition coefficient (Wildman–Crippen LogP) is 4.31. The number of furan rings is 1. The fraction of sp³-hybridized carbons (Fsp3) is 0.190. The van der Waals surface area contributed by atoms with Gasteiger partial charge in [-0.1, -0.05) is 0 Å². The van der Waals surface area contributed by atoms with Crippen molar-refractivity contribution in [2.45, 2.75) is 12.5 Å². The van der Waals surface area contributed by atoms with Crippen LogP contribution in [0.1, 0.15) is 12.5 Å². The fourth-order valence-corrected chi connectivity index (χ4v) is 3.74. The molecule has 2 amide bonds. The number of urea groups is 1. The zero-order chi connectivity index (χ0) is 19.8. The number of aromatic nitrogens is 3. The molecule has 5 rings (SSSR count). The third-order valence-electron chi connectivity index (χ3n) is 5.14. The molecule has 0 radical (unpaired) electrons. The molecule has 0 spiro atoms. The monoisotopic (exact) mass is 391 g/mol. The molecule has 146 valence electrons. The first-order valence-electron chi connectivity index (χ1n) is 9.36. The number of hydrogen-bond acceptors (Lipinski definition) is 4. The number of fused-ring (bicyclic) bond motifs is 1. The van der Waals surface area contributed by atoms with Crippen molar-refractivity contribution in [3.63, 3.8) is 0 Å². The molecule has 29 heavy (non-hydrogen) atoms. The van der Waals surface area contributed by atoms with Crippen LogP contribution in [-0.4, -0.2) is 38.6 Å². The minimum absolute atomic E-state index is 0.0405. The highest BCUT2D eigenvalue weighted by Gasteiger charge is 2.31. The van der Waals surface area contributed by atoms with Crippen LogP contribution < -0.4 is 5.32 Å². The summed E-state index contributed by atoms with van der Waals surface area (Å²) in [6.07, 6.45) is 5.80. The van der Waals surface area contributed by atoms with Crippen LogP contribution in [-0.2, 0) is 0 Å². The van der Waals surface area contributed by atoms with Crippen molar-refractivity contribution in [1.82, 2.24) is 19.4 Å². The topological polar surface area (TPSA) is 76.2 Å². The summed E-state index contributed by atoms with van der Waals surface area (Å²) in [5.74, 6) is 0.439. The van der Waals surface area contributed by atoms with Gasteiger partial charge in [-0.15, -0.1) is 0 Å². The van der Waals surface area contributed by atoms with Gasteiger partial charge in [0.15, 0.2) is 5.65 Å². The number of imidazole rings is 1. The number of carbonyl (C=O) groups is 1. The highest BCUT2D eigenvalue weighted by atomic mass is 19.1. The van der Waals surface area contributed by atoms with Crippen LogP contribution in [0.5, 0.6) is 0 Å². The maximum absolute atomic E-state index is 13.1. The van der Waals surface area contributed by atoms with Gasteiger partial charge in [0.05, 0.1) is 17.9 Å². The van der Waals surface area contributed by atoms with Crippen LogP contribution in [0, 0.1) is 5.82 Å². The number of pyridine rings is 1. The third-order valence-corrected chi connectivity index (χ3v) is 5.14. The lowest BCUT2D eigenvalue weighted by molar-refractivity contribution is 0.221. The molecule has 1 aliphatic heterocycles. The van der Waals surface area contributed by atoms with E-state index in [1.807, 2.05) is 18.2 Å². The summed E-state index contributed by atoms with van der Waals surface area (Å²) >= 11 is 0. The van der Waals surface area contributed by atoms with Gasteiger partial charge in [0.25, 0.3) is 0 Å². The van der Waals surface area contributed by atoms with Gasteiger partial charge in [0.2, 0.25) is 0 Å². The Bertz CT molecular complexity index is 1150. The lowest BCUT2D eigenvalue weighted by atomic mass is 10.2. The first kappa shape index (κ1) is 17.4. The maximum Gasteiger partial charge on any atom is 0.321 e. The molecule has 1 aromatic carbocycles. The van der Waals surface area contributed by atoms with E-state index in [0.717, 1.165) is 29.0 Å². The molecule has 4 aromatic rings. The highest BCUT2D eigenvalue weighted by Crippen LogP contribution is 2.32. The van der Waals surface area contributed by atoms with Crippen LogP contribution in [0.4, 0.5) is 14.9 Å². The number of hydrogen-bond donors (Lipinski definition) is 1. The highest BCUT2D eigenvalue weighted by molar-refractivity contribution is 5.89. The van der Waals surface area contributed by atoms with Crippen LogP contribution in [0.2, 0.25) is 0 Å². The van der Waals surface area contributed by atoms with Crippen molar-refractivity contribution < 1.29 is 13.6 Å². The molecule has 8 heteroatoms. The van der Waals surface area contributed by atoms with E-state index < -0.39 is 0 Å². The Morgan fingerprint density at radius 3 is 2.86 bits per heavy atom. The maximum atomic E-state index is 13.1. The van der Waals surface area contributed by atoms with Crippen molar-refractivity contribution in [3.05, 3.63) is 67.0 Å². The van der Waals surface area contributed by atoms with Gasteiger partial charge in [-0.2, -0.15) is 0 Å². The van der Waals surface area contributed by atoms with E-state index in [9.17, 15) is 9.18 Å². The molecular weight excluding hydrogens is 373 g/mol. The van der Waals surface area contributed by atoms with Gasteiger partial charge in [-0.25, -0.2) is 19.2 Å². The van der Waals surface area contributed by atoms with E-state index in [1.165, 1.54) is 12.1 Å². The Labute approximate surface area is 165 Å². The Kier molecular flexibility index (Phi) is 4.23. The molecule has 7 nitrogen and oxygen atoms in total. The Morgan fingerprint density at radius 2 is 2.07 bits per heavy atom. The quantitative estimate of drug-likeness (QED) is 0.565. The van der Waals surface area contributed by atoms with Crippen LogP contribution in [0.3, 0.4) is 0 Å². The normalized spacial score (nSPS) is 16.4. The number of benzene rings is 1. The second-order valence-electron chi connectivity index (χ2n) is 6.99. The zero-order valence-corrected chi connectivity index (χ0v) is 15.5. The molecule has 1 aliphatic rings. The van der Waals surface area contributed by atoms with Gasteiger partial charge < -0.3 is 19.2 Å². The molecule has 0 unspecified atom stereocenters. The smallest absolute Gasteiger partial charge is 0.321 e. The first-order valence-corrected chi connectivity index (χ1v) is 9.36. The van der Waals surface area contributed by atoms with Crippen molar-refractivity contribution in [2.24, 2.45) is 0 Å². The molecule has 3 aromatic heterocycles. The predicted molar refractivity (Wildman–Crippen MR) is 106 cm³/mol. The number of amides is 2. The zero-order valence-electron chi connectivity index (χ0n) is 15.5. The second kappa shape index (κ2) is 7.05.